The average molecular weight is 197 g/mol. The van der Waals surface area contributed by atoms with Crippen LogP contribution in [0.15, 0.2) is 0 Å². The largest absolute Gasteiger partial charge is 0.476 e. The lowest BCUT2D eigenvalue weighted by Gasteiger charge is -2.05. The van der Waals surface area contributed by atoms with Crippen LogP contribution in [0.3, 0.4) is 0 Å². The number of aromatic carboxylic acids is 1. The molecular weight excluding hydrogens is 182 g/mol. The van der Waals surface area contributed by atoms with Crippen LogP contribution < -0.4 is 5.73 Å². The van der Waals surface area contributed by atoms with Gasteiger partial charge in [-0.1, -0.05) is 13.3 Å². The van der Waals surface area contributed by atoms with E-state index in [2.05, 4.69) is 9.97 Å². The van der Waals surface area contributed by atoms with E-state index in [4.69, 9.17) is 10.8 Å². The Labute approximate surface area is 82.3 Å². The van der Waals surface area contributed by atoms with Crippen LogP contribution in [0, 0.1) is 6.92 Å². The highest BCUT2D eigenvalue weighted by atomic mass is 16.4. The van der Waals surface area contributed by atoms with Crippen molar-refractivity contribution < 1.29 is 9.90 Å². The first-order valence-corrected chi connectivity index (χ1v) is 4.61. The van der Waals surface area contributed by atoms with E-state index in [0.29, 0.717) is 11.5 Å². The minimum atomic E-state index is -1.02. The number of aromatic amines is 1. The van der Waals surface area contributed by atoms with Crippen molar-refractivity contribution in [3.05, 3.63) is 17.2 Å². The summed E-state index contributed by atoms with van der Waals surface area (Å²) >= 11 is 0. The molecule has 0 aliphatic carbocycles. The molecule has 1 aromatic rings. The molecule has 0 amide bonds. The molecule has 0 fully saturated rings. The fourth-order valence-corrected chi connectivity index (χ4v) is 1.32. The van der Waals surface area contributed by atoms with Crippen molar-refractivity contribution in [2.75, 3.05) is 0 Å². The minimum absolute atomic E-state index is 0.0616. The number of carbonyl (C=O) groups is 1. The van der Waals surface area contributed by atoms with E-state index in [-0.39, 0.29) is 11.7 Å². The Balaban J connectivity index is 2.90. The predicted molar refractivity (Wildman–Crippen MR) is 52.1 cm³/mol. The van der Waals surface area contributed by atoms with E-state index in [1.165, 1.54) is 0 Å². The van der Waals surface area contributed by atoms with Gasteiger partial charge in [0, 0.05) is 5.69 Å². The van der Waals surface area contributed by atoms with Gasteiger partial charge in [-0.25, -0.2) is 9.78 Å². The summed E-state index contributed by atoms with van der Waals surface area (Å²) in [5, 5.41) is 8.77. The van der Waals surface area contributed by atoms with Crippen molar-refractivity contribution in [2.24, 2.45) is 5.73 Å². The Kier molecular flexibility index (Phi) is 3.24. The van der Waals surface area contributed by atoms with Gasteiger partial charge >= 0.3 is 5.97 Å². The quantitative estimate of drug-likeness (QED) is 0.676. The molecule has 1 atom stereocenters. The first kappa shape index (κ1) is 10.7. The molecule has 1 aromatic heterocycles. The summed E-state index contributed by atoms with van der Waals surface area (Å²) < 4.78 is 0. The van der Waals surface area contributed by atoms with E-state index in [1.807, 2.05) is 6.92 Å². The molecule has 0 aliphatic rings. The zero-order valence-corrected chi connectivity index (χ0v) is 8.37. The van der Waals surface area contributed by atoms with Crippen LogP contribution in [0.5, 0.6) is 0 Å². The summed E-state index contributed by atoms with van der Waals surface area (Å²) in [5.74, 6) is -0.463. The number of nitrogens with two attached hydrogens (primary N) is 1. The number of imidazole rings is 1. The number of rotatable bonds is 4. The Morgan fingerprint density at radius 2 is 2.36 bits per heavy atom. The molecule has 0 unspecified atom stereocenters. The lowest BCUT2D eigenvalue weighted by Crippen LogP contribution is -2.11. The Bertz CT molecular complexity index is 333. The zero-order chi connectivity index (χ0) is 10.7. The number of carboxylic acid groups (broad SMARTS) is 1. The van der Waals surface area contributed by atoms with Crippen molar-refractivity contribution >= 4 is 5.97 Å². The monoisotopic (exact) mass is 197 g/mol. The van der Waals surface area contributed by atoms with E-state index in [9.17, 15) is 4.79 Å². The van der Waals surface area contributed by atoms with Crippen LogP contribution in [0.1, 0.15) is 47.8 Å². The lowest BCUT2D eigenvalue weighted by atomic mass is 10.2. The highest BCUT2D eigenvalue weighted by Gasteiger charge is 2.16. The molecule has 1 rings (SSSR count). The van der Waals surface area contributed by atoms with Gasteiger partial charge in [-0.3, -0.25) is 0 Å². The third kappa shape index (κ3) is 2.11. The standard InChI is InChI=1S/C9H15N3O2/c1-3-4-6(10)8-11-5(2)7(12-8)9(13)14/h6H,3-4,10H2,1-2H3,(H,11,12)(H,13,14)/t6-/m0/s1. The second kappa shape index (κ2) is 4.23. The lowest BCUT2D eigenvalue weighted by molar-refractivity contribution is 0.0690. The molecule has 0 saturated carbocycles. The van der Waals surface area contributed by atoms with Crippen LogP contribution in [0.2, 0.25) is 0 Å². The number of carboxylic acids is 1. The van der Waals surface area contributed by atoms with Crippen molar-refractivity contribution in [1.82, 2.24) is 9.97 Å². The number of aromatic nitrogens is 2. The summed E-state index contributed by atoms with van der Waals surface area (Å²) in [6, 6.07) is -0.202. The van der Waals surface area contributed by atoms with E-state index < -0.39 is 5.97 Å². The molecule has 0 saturated heterocycles. The fourth-order valence-electron chi connectivity index (χ4n) is 1.32. The molecule has 0 aromatic carbocycles. The van der Waals surface area contributed by atoms with Gasteiger partial charge < -0.3 is 15.8 Å². The molecule has 14 heavy (non-hydrogen) atoms. The molecular formula is C9H15N3O2. The smallest absolute Gasteiger partial charge is 0.356 e. The third-order valence-electron chi connectivity index (χ3n) is 2.06. The number of nitrogens with one attached hydrogen (secondary N) is 1. The molecule has 0 spiro atoms. The summed E-state index contributed by atoms with van der Waals surface area (Å²) in [7, 11) is 0. The van der Waals surface area contributed by atoms with Gasteiger partial charge in [-0.15, -0.1) is 0 Å². The maximum atomic E-state index is 10.7. The van der Waals surface area contributed by atoms with Crippen LogP contribution in [-0.2, 0) is 0 Å². The summed E-state index contributed by atoms with van der Waals surface area (Å²) in [6.07, 6.45) is 1.75. The van der Waals surface area contributed by atoms with Crippen LogP contribution in [0.4, 0.5) is 0 Å². The number of H-pyrrole nitrogens is 1. The second-order valence-electron chi connectivity index (χ2n) is 3.30. The van der Waals surface area contributed by atoms with Crippen LogP contribution in [-0.4, -0.2) is 21.0 Å². The van der Waals surface area contributed by atoms with Gasteiger partial charge in [0.2, 0.25) is 0 Å². The van der Waals surface area contributed by atoms with Crippen LogP contribution >= 0.6 is 0 Å². The average Bonchev–Trinajstić information content (AvgIpc) is 2.48. The van der Waals surface area contributed by atoms with E-state index in [1.54, 1.807) is 6.92 Å². The van der Waals surface area contributed by atoms with Gasteiger partial charge in [0.1, 0.15) is 5.82 Å². The molecule has 78 valence electrons. The Hall–Kier alpha value is -1.36. The maximum absolute atomic E-state index is 10.7. The van der Waals surface area contributed by atoms with E-state index >= 15 is 0 Å². The summed E-state index contributed by atoms with van der Waals surface area (Å²) in [6.45, 7) is 3.70. The Morgan fingerprint density at radius 1 is 1.71 bits per heavy atom. The molecule has 0 bridgehead atoms. The molecule has 5 heteroatoms. The number of nitrogens with zero attached hydrogens (tertiary/aromatic N) is 1. The number of hydrogen-bond donors (Lipinski definition) is 3. The first-order chi connectivity index (χ1) is 6.56. The van der Waals surface area contributed by atoms with Gasteiger partial charge in [0.15, 0.2) is 5.69 Å². The number of aryl methyl sites for hydroxylation is 1. The van der Waals surface area contributed by atoms with Crippen LogP contribution in [0.25, 0.3) is 0 Å². The van der Waals surface area contributed by atoms with Crippen molar-refractivity contribution in [1.29, 1.82) is 0 Å². The topological polar surface area (TPSA) is 92.0 Å². The van der Waals surface area contributed by atoms with Gasteiger partial charge in [0.05, 0.1) is 6.04 Å². The maximum Gasteiger partial charge on any atom is 0.356 e. The SMILES string of the molecule is CCC[C@H](N)c1nc(C(=O)O)c(C)[nH]1. The Morgan fingerprint density at radius 3 is 2.79 bits per heavy atom. The van der Waals surface area contributed by atoms with Gasteiger partial charge in [-0.05, 0) is 13.3 Å². The van der Waals surface area contributed by atoms with Crippen molar-refractivity contribution in [3.63, 3.8) is 0 Å². The molecule has 4 N–H and O–H groups in total. The normalized spacial score (nSPS) is 12.8. The zero-order valence-electron chi connectivity index (χ0n) is 8.37. The summed E-state index contributed by atoms with van der Waals surface area (Å²) in [5.41, 5.74) is 6.42. The third-order valence-corrected chi connectivity index (χ3v) is 2.06. The highest BCUT2D eigenvalue weighted by Crippen LogP contribution is 2.14. The number of hydrogen-bond acceptors (Lipinski definition) is 3. The van der Waals surface area contributed by atoms with E-state index in [0.717, 1.165) is 12.8 Å². The van der Waals surface area contributed by atoms with Gasteiger partial charge in [-0.2, -0.15) is 0 Å². The van der Waals surface area contributed by atoms with Crippen molar-refractivity contribution in [2.45, 2.75) is 32.7 Å². The molecule has 0 aliphatic heterocycles. The summed E-state index contributed by atoms with van der Waals surface area (Å²) in [4.78, 5) is 17.5. The molecule has 0 radical (unpaired) electrons. The first-order valence-electron chi connectivity index (χ1n) is 4.61. The van der Waals surface area contributed by atoms with Crippen molar-refractivity contribution in [3.8, 4) is 0 Å². The van der Waals surface area contributed by atoms with Gasteiger partial charge in [0.25, 0.3) is 0 Å². The molecule has 5 nitrogen and oxygen atoms in total. The minimum Gasteiger partial charge on any atom is -0.476 e. The highest BCUT2D eigenvalue weighted by molar-refractivity contribution is 5.86. The predicted octanol–water partition coefficient (Wildman–Crippen LogP) is 1.22. The molecule has 1 heterocycles. The fraction of sp³-hybridized carbons (Fsp3) is 0.556. The second-order valence-corrected chi connectivity index (χ2v) is 3.30.